The van der Waals surface area contributed by atoms with Gasteiger partial charge in [0, 0.05) is 18.4 Å². The summed E-state index contributed by atoms with van der Waals surface area (Å²) in [4.78, 5) is 0. The van der Waals surface area contributed by atoms with Crippen LogP contribution in [0, 0.1) is 17.8 Å². The van der Waals surface area contributed by atoms with Gasteiger partial charge in [0.1, 0.15) is 19.0 Å². The van der Waals surface area contributed by atoms with Gasteiger partial charge in [-0.3, -0.25) is 4.68 Å². The molecule has 34 heavy (non-hydrogen) atoms. The number of nitrogens with zero attached hydrogens (tertiary/aromatic N) is 2. The molecule has 5 rings (SSSR count). The number of aryl methyl sites for hydroxylation is 1. The lowest BCUT2D eigenvalue weighted by Gasteiger charge is -2.14. The topological polar surface area (TPSA) is 59.8 Å². The van der Waals surface area contributed by atoms with Crippen molar-refractivity contribution in [1.29, 1.82) is 0 Å². The van der Waals surface area contributed by atoms with E-state index in [9.17, 15) is 5.11 Å². The lowest BCUT2D eigenvalue weighted by atomic mass is 9.93. The summed E-state index contributed by atoms with van der Waals surface area (Å²) < 4.78 is 13.3. The second-order valence-corrected chi connectivity index (χ2v) is 9.10. The van der Waals surface area contributed by atoms with E-state index in [4.69, 9.17) is 9.47 Å². The highest BCUT2D eigenvalue weighted by Gasteiger charge is 2.44. The molecule has 0 spiro atoms. The molecule has 1 aromatic heterocycles. The van der Waals surface area contributed by atoms with Crippen LogP contribution in [-0.4, -0.2) is 27.3 Å². The maximum Gasteiger partial charge on any atom is 0.191 e. The third-order valence-corrected chi connectivity index (χ3v) is 6.49. The molecule has 3 unspecified atom stereocenters. The molecule has 1 N–H and O–H groups in total. The van der Waals surface area contributed by atoms with E-state index in [2.05, 4.69) is 64.1 Å². The third kappa shape index (κ3) is 5.41. The van der Waals surface area contributed by atoms with Crippen LogP contribution < -0.4 is 4.74 Å². The van der Waals surface area contributed by atoms with Crippen molar-refractivity contribution in [3.63, 3.8) is 0 Å². The fourth-order valence-electron chi connectivity index (χ4n) is 4.45. The fourth-order valence-corrected chi connectivity index (χ4v) is 4.45. The van der Waals surface area contributed by atoms with Gasteiger partial charge in [0.05, 0.1) is 17.6 Å². The number of allylic oxidation sites excluding steroid dienone is 4. The summed E-state index contributed by atoms with van der Waals surface area (Å²) in [5.74, 6) is 6.46. The van der Waals surface area contributed by atoms with Crippen molar-refractivity contribution in [1.82, 2.24) is 9.78 Å². The largest absolute Gasteiger partial charge is 0.489 e. The Balaban J connectivity index is 1.18. The highest BCUT2D eigenvalue weighted by molar-refractivity contribution is 5.79. The molecular formula is C29H30N2O3. The van der Waals surface area contributed by atoms with Crippen molar-refractivity contribution < 1.29 is 14.6 Å². The zero-order valence-electron chi connectivity index (χ0n) is 19.5. The number of hydrogen-bond donors (Lipinski definition) is 1. The average Bonchev–Trinajstić information content (AvgIpc) is 3.46. The molecule has 3 aromatic rings. The normalized spacial score (nSPS) is 21.8. The van der Waals surface area contributed by atoms with Gasteiger partial charge in [-0.1, -0.05) is 48.4 Å². The number of aromatic nitrogens is 2. The quantitative estimate of drug-likeness (QED) is 0.350. The van der Waals surface area contributed by atoms with Gasteiger partial charge >= 0.3 is 0 Å². The molecule has 2 aliphatic rings. The van der Waals surface area contributed by atoms with Crippen molar-refractivity contribution in [2.45, 2.75) is 51.0 Å². The van der Waals surface area contributed by atoms with Gasteiger partial charge in [0.25, 0.3) is 0 Å². The van der Waals surface area contributed by atoms with E-state index in [1.54, 1.807) is 0 Å². The molecule has 5 nitrogen and oxygen atoms in total. The van der Waals surface area contributed by atoms with E-state index in [-0.39, 0.29) is 5.92 Å². The van der Waals surface area contributed by atoms with Crippen molar-refractivity contribution in [2.24, 2.45) is 5.92 Å². The van der Waals surface area contributed by atoms with E-state index < -0.39 is 5.79 Å². The second-order valence-electron chi connectivity index (χ2n) is 9.10. The van der Waals surface area contributed by atoms with E-state index in [0.29, 0.717) is 25.6 Å². The molecule has 3 atom stereocenters. The van der Waals surface area contributed by atoms with Gasteiger partial charge in [-0.05, 0) is 61.1 Å². The van der Waals surface area contributed by atoms with Crippen LogP contribution in [-0.2, 0) is 17.9 Å². The predicted molar refractivity (Wildman–Crippen MR) is 133 cm³/mol. The first-order valence-electron chi connectivity index (χ1n) is 11.9. The molecule has 1 fully saturated rings. The van der Waals surface area contributed by atoms with Crippen LogP contribution in [0.3, 0.4) is 0 Å². The summed E-state index contributed by atoms with van der Waals surface area (Å²) >= 11 is 0. The Kier molecular flexibility index (Phi) is 6.53. The maximum absolute atomic E-state index is 10.1. The van der Waals surface area contributed by atoms with Crippen molar-refractivity contribution in [3.8, 4) is 17.6 Å². The highest BCUT2D eigenvalue weighted by Crippen LogP contribution is 2.35. The Morgan fingerprint density at radius 3 is 2.82 bits per heavy atom. The molecule has 2 aromatic carbocycles. The maximum atomic E-state index is 10.1. The van der Waals surface area contributed by atoms with Crippen molar-refractivity contribution in [2.75, 3.05) is 6.61 Å². The van der Waals surface area contributed by atoms with Crippen LogP contribution >= 0.6 is 0 Å². The Hall–Kier alpha value is -3.33. The Morgan fingerprint density at radius 1 is 1.24 bits per heavy atom. The molecule has 0 radical (unpaired) electrons. The fraction of sp³-hybridized carbons (Fsp3) is 0.345. The number of aliphatic hydroxyl groups is 1. The molecule has 0 bridgehead atoms. The van der Waals surface area contributed by atoms with E-state index in [1.165, 1.54) is 0 Å². The SMILES string of the molecule is CC#CC(CC1(O)CO1)c1ccc(OCc2ccc3c(cnn3CCC3C=CC=CC3)c2)cc1. The van der Waals surface area contributed by atoms with Crippen LogP contribution in [0.25, 0.3) is 10.9 Å². The van der Waals surface area contributed by atoms with Gasteiger partial charge < -0.3 is 14.6 Å². The highest BCUT2D eigenvalue weighted by atomic mass is 16.7. The van der Waals surface area contributed by atoms with Gasteiger partial charge in [-0.2, -0.15) is 5.10 Å². The summed E-state index contributed by atoms with van der Waals surface area (Å²) in [6.07, 6.45) is 13.4. The summed E-state index contributed by atoms with van der Waals surface area (Å²) in [7, 11) is 0. The number of fused-ring (bicyclic) bond motifs is 1. The Morgan fingerprint density at radius 2 is 2.09 bits per heavy atom. The van der Waals surface area contributed by atoms with E-state index in [1.807, 2.05) is 37.4 Å². The van der Waals surface area contributed by atoms with Crippen LogP contribution in [0.15, 0.2) is 73.0 Å². The summed E-state index contributed by atoms with van der Waals surface area (Å²) in [5, 5.41) is 15.8. The van der Waals surface area contributed by atoms with E-state index >= 15 is 0 Å². The molecule has 2 heterocycles. The first-order valence-corrected chi connectivity index (χ1v) is 11.9. The van der Waals surface area contributed by atoms with Crippen LogP contribution in [0.2, 0.25) is 0 Å². The van der Waals surface area contributed by atoms with E-state index in [0.717, 1.165) is 47.2 Å². The monoisotopic (exact) mass is 454 g/mol. The molecular weight excluding hydrogens is 424 g/mol. The van der Waals surface area contributed by atoms with Gasteiger partial charge in [0.15, 0.2) is 5.79 Å². The summed E-state index contributed by atoms with van der Waals surface area (Å²) in [6, 6.07) is 14.4. The lowest BCUT2D eigenvalue weighted by Crippen LogP contribution is -2.14. The number of rotatable bonds is 9. The predicted octanol–water partition coefficient (Wildman–Crippen LogP) is 5.35. The molecule has 0 amide bonds. The third-order valence-electron chi connectivity index (χ3n) is 6.49. The minimum absolute atomic E-state index is 0.0592. The van der Waals surface area contributed by atoms with Gasteiger partial charge in [-0.15, -0.1) is 5.92 Å². The Labute approximate surface area is 200 Å². The molecule has 5 heteroatoms. The lowest BCUT2D eigenvalue weighted by molar-refractivity contribution is 0.0264. The summed E-state index contributed by atoms with van der Waals surface area (Å²) in [6.45, 7) is 3.61. The zero-order valence-corrected chi connectivity index (χ0v) is 19.5. The van der Waals surface area contributed by atoms with Crippen LogP contribution in [0.4, 0.5) is 0 Å². The number of hydrogen-bond acceptors (Lipinski definition) is 4. The minimum Gasteiger partial charge on any atom is -0.489 e. The van der Waals surface area contributed by atoms with Crippen LogP contribution in [0.1, 0.15) is 43.2 Å². The molecule has 1 aliphatic heterocycles. The first kappa shape index (κ1) is 22.5. The van der Waals surface area contributed by atoms with Crippen molar-refractivity contribution in [3.05, 3.63) is 84.1 Å². The Bertz CT molecular complexity index is 1260. The first-order chi connectivity index (χ1) is 16.6. The summed E-state index contributed by atoms with van der Waals surface area (Å²) in [5.41, 5.74) is 3.33. The zero-order chi connectivity index (χ0) is 23.4. The van der Waals surface area contributed by atoms with Crippen LogP contribution in [0.5, 0.6) is 5.75 Å². The number of ether oxygens (including phenoxy) is 2. The molecule has 1 saturated heterocycles. The minimum atomic E-state index is -1.01. The smallest absolute Gasteiger partial charge is 0.191 e. The number of benzene rings is 2. The second kappa shape index (κ2) is 9.89. The van der Waals surface area contributed by atoms with Gasteiger partial charge in [-0.25, -0.2) is 0 Å². The van der Waals surface area contributed by atoms with Crippen molar-refractivity contribution >= 4 is 10.9 Å². The van der Waals surface area contributed by atoms with Gasteiger partial charge in [0.2, 0.25) is 0 Å². The molecule has 0 saturated carbocycles. The molecule has 1 aliphatic carbocycles. The standard InChI is InChI=1S/C29H30N2O3/c1-2-6-25(18-29(32)21-34-29)24-10-12-27(13-11-24)33-20-23-9-14-28-26(17-23)19-30-31(28)16-15-22-7-4-3-5-8-22/h3-5,7,9-14,17,19,22,25,32H,8,15-16,18,20-21H2,1H3. The molecule has 174 valence electrons. The average molecular weight is 455 g/mol. The number of epoxide rings is 1.